The molecule has 0 atom stereocenters. The summed E-state index contributed by atoms with van der Waals surface area (Å²) < 4.78 is 0. The molecular weight excluding hydrogens is 350 g/mol. The second-order valence-electron chi connectivity index (χ2n) is 5.49. The Morgan fingerprint density at radius 1 is 0.654 bits per heavy atom. The number of carbonyl (C=O) groups excluding carboxylic acids is 2. The highest BCUT2D eigenvalue weighted by atomic mass is 35.5. The Hall–Kier alpha value is -3.31. The molecule has 0 spiro atoms. The predicted molar refractivity (Wildman–Crippen MR) is 105 cm³/mol. The van der Waals surface area contributed by atoms with Crippen LogP contribution in [0.15, 0.2) is 78.9 Å². The van der Waals surface area contributed by atoms with Crippen LogP contribution in [-0.2, 0) is 0 Å². The second kappa shape index (κ2) is 8.18. The highest BCUT2D eigenvalue weighted by molar-refractivity contribution is 6.31. The van der Waals surface area contributed by atoms with Gasteiger partial charge in [-0.3, -0.25) is 4.79 Å². The topological polar surface area (TPSA) is 70.2 Å². The summed E-state index contributed by atoms with van der Waals surface area (Å²) in [5.41, 5.74) is 2.40. The SMILES string of the molecule is O=C(Nc1ccccc1)Nc1ccc(NC(=O)c2cccc(Cl)c2)cc1. The Morgan fingerprint density at radius 3 is 1.85 bits per heavy atom. The van der Waals surface area contributed by atoms with Crippen molar-refractivity contribution in [2.24, 2.45) is 0 Å². The first-order chi connectivity index (χ1) is 12.6. The number of anilines is 3. The molecule has 0 aliphatic carbocycles. The summed E-state index contributed by atoms with van der Waals surface area (Å²) in [5, 5.41) is 8.74. The number of halogens is 1. The molecule has 5 nitrogen and oxygen atoms in total. The number of carbonyl (C=O) groups is 2. The average Bonchev–Trinajstić information content (AvgIpc) is 2.64. The zero-order chi connectivity index (χ0) is 18.4. The molecule has 3 rings (SSSR count). The minimum Gasteiger partial charge on any atom is -0.322 e. The normalized spacial score (nSPS) is 10.0. The molecule has 6 heteroatoms. The molecule has 0 saturated heterocycles. The van der Waals surface area contributed by atoms with Gasteiger partial charge in [0.2, 0.25) is 0 Å². The molecular formula is C20H16ClN3O2. The van der Waals surface area contributed by atoms with Crippen LogP contribution in [-0.4, -0.2) is 11.9 Å². The average molecular weight is 366 g/mol. The molecule has 0 radical (unpaired) electrons. The first-order valence-corrected chi connectivity index (χ1v) is 8.28. The quantitative estimate of drug-likeness (QED) is 0.592. The summed E-state index contributed by atoms with van der Waals surface area (Å²) in [6.07, 6.45) is 0. The maximum Gasteiger partial charge on any atom is 0.323 e. The standard InChI is InChI=1S/C20H16ClN3O2/c21-15-6-4-5-14(13-15)19(25)22-17-9-11-18(12-10-17)24-20(26)23-16-7-2-1-3-8-16/h1-13H,(H,22,25)(H2,23,24,26). The van der Waals surface area contributed by atoms with E-state index in [-0.39, 0.29) is 11.9 Å². The van der Waals surface area contributed by atoms with Crippen molar-refractivity contribution in [1.82, 2.24) is 0 Å². The molecule has 0 aromatic heterocycles. The molecule has 26 heavy (non-hydrogen) atoms. The number of hydrogen-bond donors (Lipinski definition) is 3. The van der Waals surface area contributed by atoms with Crippen molar-refractivity contribution in [1.29, 1.82) is 0 Å². The van der Waals surface area contributed by atoms with Gasteiger partial charge in [0.05, 0.1) is 0 Å². The van der Waals surface area contributed by atoms with Crippen LogP contribution >= 0.6 is 11.6 Å². The zero-order valence-electron chi connectivity index (χ0n) is 13.7. The van der Waals surface area contributed by atoms with Crippen molar-refractivity contribution in [2.45, 2.75) is 0 Å². The van der Waals surface area contributed by atoms with E-state index in [0.717, 1.165) is 0 Å². The third-order valence-electron chi connectivity index (χ3n) is 3.52. The summed E-state index contributed by atoms with van der Waals surface area (Å²) in [4.78, 5) is 24.1. The van der Waals surface area contributed by atoms with Crippen LogP contribution < -0.4 is 16.0 Å². The zero-order valence-corrected chi connectivity index (χ0v) is 14.5. The van der Waals surface area contributed by atoms with E-state index >= 15 is 0 Å². The number of rotatable bonds is 4. The molecule has 0 fully saturated rings. The van der Waals surface area contributed by atoms with Crippen LogP contribution in [0.5, 0.6) is 0 Å². The fourth-order valence-electron chi connectivity index (χ4n) is 2.28. The minimum atomic E-state index is -0.341. The van der Waals surface area contributed by atoms with Crippen LogP contribution in [0.3, 0.4) is 0 Å². The lowest BCUT2D eigenvalue weighted by Gasteiger charge is -2.09. The first-order valence-electron chi connectivity index (χ1n) is 7.90. The maximum absolute atomic E-state index is 12.2. The van der Waals surface area contributed by atoms with Gasteiger partial charge in [-0.25, -0.2) is 4.79 Å². The van der Waals surface area contributed by atoms with E-state index in [1.165, 1.54) is 0 Å². The maximum atomic E-state index is 12.2. The molecule has 3 N–H and O–H groups in total. The summed E-state index contributed by atoms with van der Waals surface area (Å²) in [7, 11) is 0. The van der Waals surface area contributed by atoms with Crippen molar-refractivity contribution in [3.05, 3.63) is 89.4 Å². The third kappa shape index (κ3) is 4.84. The van der Waals surface area contributed by atoms with Crippen molar-refractivity contribution < 1.29 is 9.59 Å². The van der Waals surface area contributed by atoms with Crippen LogP contribution in [0.25, 0.3) is 0 Å². The number of amides is 3. The van der Waals surface area contributed by atoms with Crippen LogP contribution in [0.4, 0.5) is 21.9 Å². The van der Waals surface area contributed by atoms with Crippen molar-refractivity contribution >= 4 is 40.6 Å². The number of urea groups is 1. The summed E-state index contributed by atoms with van der Waals surface area (Å²) >= 11 is 5.89. The lowest BCUT2D eigenvalue weighted by atomic mass is 10.2. The van der Waals surface area contributed by atoms with E-state index in [1.807, 2.05) is 18.2 Å². The third-order valence-corrected chi connectivity index (χ3v) is 3.75. The van der Waals surface area contributed by atoms with Gasteiger partial charge in [0.1, 0.15) is 0 Å². The van der Waals surface area contributed by atoms with Crippen molar-refractivity contribution in [3.8, 4) is 0 Å². The smallest absolute Gasteiger partial charge is 0.322 e. The van der Waals surface area contributed by atoms with Gasteiger partial charge in [0.25, 0.3) is 5.91 Å². The molecule has 3 aromatic rings. The number of para-hydroxylation sites is 1. The van der Waals surface area contributed by atoms with Crippen molar-refractivity contribution in [2.75, 3.05) is 16.0 Å². The van der Waals surface area contributed by atoms with E-state index in [9.17, 15) is 9.59 Å². The summed E-state index contributed by atoms with van der Waals surface area (Å²) in [6.45, 7) is 0. The Bertz CT molecular complexity index is 912. The molecule has 0 aliphatic rings. The Morgan fingerprint density at radius 2 is 1.23 bits per heavy atom. The number of benzene rings is 3. The Kier molecular flexibility index (Phi) is 5.51. The van der Waals surface area contributed by atoms with Gasteiger partial charge >= 0.3 is 6.03 Å². The molecule has 3 amide bonds. The molecule has 0 bridgehead atoms. The predicted octanol–water partition coefficient (Wildman–Crippen LogP) is 5.24. The Labute approximate surface area is 156 Å². The lowest BCUT2D eigenvalue weighted by Crippen LogP contribution is -2.19. The van der Waals surface area contributed by atoms with Gasteiger partial charge < -0.3 is 16.0 Å². The van der Waals surface area contributed by atoms with E-state index in [2.05, 4.69) is 16.0 Å². The fraction of sp³-hybridized carbons (Fsp3) is 0. The van der Waals surface area contributed by atoms with Crippen LogP contribution in [0.2, 0.25) is 5.02 Å². The van der Waals surface area contributed by atoms with E-state index < -0.39 is 0 Å². The lowest BCUT2D eigenvalue weighted by molar-refractivity contribution is 0.102. The monoisotopic (exact) mass is 365 g/mol. The van der Waals surface area contributed by atoms with Gasteiger partial charge in [-0.1, -0.05) is 35.9 Å². The van der Waals surface area contributed by atoms with E-state index in [1.54, 1.807) is 60.7 Å². The highest BCUT2D eigenvalue weighted by Gasteiger charge is 2.07. The van der Waals surface area contributed by atoms with Gasteiger partial charge in [0.15, 0.2) is 0 Å². The van der Waals surface area contributed by atoms with Gasteiger partial charge in [-0.05, 0) is 54.6 Å². The largest absolute Gasteiger partial charge is 0.323 e. The second-order valence-corrected chi connectivity index (χ2v) is 5.92. The fourth-order valence-corrected chi connectivity index (χ4v) is 2.48. The molecule has 0 heterocycles. The van der Waals surface area contributed by atoms with Gasteiger partial charge in [0, 0.05) is 27.6 Å². The van der Waals surface area contributed by atoms with Crippen LogP contribution in [0, 0.1) is 0 Å². The molecule has 0 saturated carbocycles. The van der Waals surface area contributed by atoms with Crippen molar-refractivity contribution in [3.63, 3.8) is 0 Å². The van der Waals surface area contributed by atoms with Crippen LogP contribution in [0.1, 0.15) is 10.4 Å². The summed E-state index contributed by atoms with van der Waals surface area (Å²) in [5.74, 6) is -0.255. The highest BCUT2D eigenvalue weighted by Crippen LogP contribution is 2.17. The number of hydrogen-bond acceptors (Lipinski definition) is 2. The Balaban J connectivity index is 1.58. The minimum absolute atomic E-state index is 0.255. The van der Waals surface area contributed by atoms with E-state index in [0.29, 0.717) is 27.6 Å². The molecule has 3 aromatic carbocycles. The molecule has 0 aliphatic heterocycles. The first kappa shape index (κ1) is 17.5. The number of nitrogens with one attached hydrogen (secondary N) is 3. The summed E-state index contributed by atoms with van der Waals surface area (Å²) in [6, 6.07) is 22.4. The van der Waals surface area contributed by atoms with Gasteiger partial charge in [-0.2, -0.15) is 0 Å². The molecule has 130 valence electrons. The van der Waals surface area contributed by atoms with Gasteiger partial charge in [-0.15, -0.1) is 0 Å². The van der Waals surface area contributed by atoms with E-state index in [4.69, 9.17) is 11.6 Å². The molecule has 0 unspecified atom stereocenters.